The Labute approximate surface area is 109 Å². The van der Waals surface area contributed by atoms with Crippen LogP contribution in [0.3, 0.4) is 0 Å². The van der Waals surface area contributed by atoms with Crippen LogP contribution in [0.2, 0.25) is 0 Å². The lowest BCUT2D eigenvalue weighted by Crippen LogP contribution is -2.19. The molecule has 1 N–H and O–H groups in total. The third-order valence-corrected chi connectivity index (χ3v) is 2.31. The van der Waals surface area contributed by atoms with Gasteiger partial charge in [0.15, 0.2) is 0 Å². The van der Waals surface area contributed by atoms with E-state index in [2.05, 4.69) is 5.32 Å². The van der Waals surface area contributed by atoms with Gasteiger partial charge in [0.2, 0.25) is 5.91 Å². The Hall–Kier alpha value is -1.98. The molecule has 0 aliphatic heterocycles. The average Bonchev–Trinajstić information content (AvgIpc) is 2.32. The van der Waals surface area contributed by atoms with Crippen molar-refractivity contribution in [3.05, 3.63) is 35.4 Å². The molecule has 19 heavy (non-hydrogen) atoms. The van der Waals surface area contributed by atoms with Gasteiger partial charge in [-0.25, -0.2) is 0 Å². The second-order valence-corrected chi connectivity index (χ2v) is 3.80. The minimum atomic E-state index is -4.44. The molecule has 0 unspecified atom stereocenters. The number of nitrogens with one attached hydrogen (secondary N) is 1. The fourth-order valence-corrected chi connectivity index (χ4v) is 1.44. The van der Waals surface area contributed by atoms with Crippen molar-refractivity contribution in [2.75, 3.05) is 13.7 Å². The summed E-state index contributed by atoms with van der Waals surface area (Å²) >= 11 is 0. The molecule has 0 saturated heterocycles. The normalized spacial score (nSPS) is 11.6. The number of benzene rings is 1. The lowest BCUT2D eigenvalue weighted by atomic mass is 10.1. The highest BCUT2D eigenvalue weighted by Crippen LogP contribution is 2.36. The quantitative estimate of drug-likeness (QED) is 0.916. The van der Waals surface area contributed by atoms with E-state index in [-0.39, 0.29) is 11.7 Å². The maximum atomic E-state index is 12.6. The average molecular weight is 273 g/mol. The summed E-state index contributed by atoms with van der Waals surface area (Å²) in [6.07, 6.45) is -1.19. The Balaban J connectivity index is 2.86. The van der Waals surface area contributed by atoms with Gasteiger partial charge < -0.3 is 10.1 Å². The topological polar surface area (TPSA) is 38.3 Å². The second kappa shape index (κ2) is 6.26. The molecular formula is C13H14F3NO2. The predicted octanol–water partition coefficient (Wildman–Crippen LogP) is 2.86. The van der Waals surface area contributed by atoms with Gasteiger partial charge in [0, 0.05) is 13.5 Å². The molecule has 1 aromatic carbocycles. The van der Waals surface area contributed by atoms with E-state index in [1.807, 2.05) is 0 Å². The van der Waals surface area contributed by atoms with Crippen molar-refractivity contribution in [2.45, 2.75) is 13.1 Å². The van der Waals surface area contributed by atoms with E-state index in [9.17, 15) is 18.0 Å². The summed E-state index contributed by atoms with van der Waals surface area (Å²) in [5.74, 6) is -0.399. The summed E-state index contributed by atoms with van der Waals surface area (Å²) < 4.78 is 42.6. The van der Waals surface area contributed by atoms with E-state index in [0.29, 0.717) is 12.1 Å². The second-order valence-electron chi connectivity index (χ2n) is 3.80. The molecule has 0 radical (unpaired) electrons. The Bertz CT molecular complexity index is 481. The van der Waals surface area contributed by atoms with Crippen LogP contribution < -0.4 is 10.1 Å². The van der Waals surface area contributed by atoms with Gasteiger partial charge in [0.05, 0.1) is 12.7 Å². The number of carbonyl (C=O) groups is 1. The summed E-state index contributed by atoms with van der Waals surface area (Å²) in [6.45, 7) is 1.70. The highest BCUT2D eigenvalue weighted by molar-refractivity contribution is 5.73. The van der Waals surface area contributed by atoms with Crippen molar-refractivity contribution in [1.82, 2.24) is 5.32 Å². The van der Waals surface area contributed by atoms with Crippen molar-refractivity contribution in [3.8, 4) is 5.75 Å². The fourth-order valence-electron chi connectivity index (χ4n) is 1.44. The minimum Gasteiger partial charge on any atom is -0.496 e. The fraction of sp³-hybridized carbons (Fsp3) is 0.308. The summed E-state index contributed by atoms with van der Waals surface area (Å²) in [4.78, 5) is 10.6. The SMILES string of the molecule is COc1cc(C=CCNC(C)=O)ccc1C(F)(F)F. The smallest absolute Gasteiger partial charge is 0.419 e. The number of methoxy groups -OCH3 is 1. The van der Waals surface area contributed by atoms with Gasteiger partial charge >= 0.3 is 6.18 Å². The number of hydrogen-bond donors (Lipinski definition) is 1. The van der Waals surface area contributed by atoms with Crippen molar-refractivity contribution in [3.63, 3.8) is 0 Å². The van der Waals surface area contributed by atoms with E-state index >= 15 is 0 Å². The lowest BCUT2D eigenvalue weighted by Gasteiger charge is -2.12. The first-order valence-electron chi connectivity index (χ1n) is 5.51. The monoisotopic (exact) mass is 273 g/mol. The molecule has 1 aromatic rings. The molecule has 0 aromatic heterocycles. The molecule has 104 valence electrons. The van der Waals surface area contributed by atoms with Gasteiger partial charge in [-0.2, -0.15) is 13.2 Å². The van der Waals surface area contributed by atoms with E-state index in [4.69, 9.17) is 4.74 Å². The number of rotatable bonds is 4. The third-order valence-electron chi connectivity index (χ3n) is 2.31. The van der Waals surface area contributed by atoms with Crippen LogP contribution in [0, 0.1) is 0 Å². The number of ether oxygens (including phenoxy) is 1. The van der Waals surface area contributed by atoms with E-state index in [1.54, 1.807) is 12.2 Å². The van der Waals surface area contributed by atoms with Gasteiger partial charge in [-0.15, -0.1) is 0 Å². The predicted molar refractivity (Wildman–Crippen MR) is 65.7 cm³/mol. The lowest BCUT2D eigenvalue weighted by molar-refractivity contribution is -0.138. The zero-order valence-corrected chi connectivity index (χ0v) is 10.5. The number of hydrogen-bond acceptors (Lipinski definition) is 2. The molecule has 0 bridgehead atoms. The summed E-state index contributed by atoms with van der Waals surface area (Å²) in [6, 6.07) is 3.61. The number of halogens is 3. The molecule has 0 atom stereocenters. The highest BCUT2D eigenvalue weighted by atomic mass is 19.4. The van der Waals surface area contributed by atoms with E-state index < -0.39 is 11.7 Å². The van der Waals surface area contributed by atoms with Crippen LogP contribution in [0.15, 0.2) is 24.3 Å². The first-order chi connectivity index (χ1) is 8.84. The highest BCUT2D eigenvalue weighted by Gasteiger charge is 2.34. The van der Waals surface area contributed by atoms with Gasteiger partial charge in [0.25, 0.3) is 0 Å². The Morgan fingerprint density at radius 2 is 2.11 bits per heavy atom. The van der Waals surface area contributed by atoms with Gasteiger partial charge in [-0.1, -0.05) is 18.2 Å². The zero-order valence-electron chi connectivity index (χ0n) is 10.5. The van der Waals surface area contributed by atoms with Crippen LogP contribution in [-0.4, -0.2) is 19.6 Å². The molecule has 3 nitrogen and oxygen atoms in total. The van der Waals surface area contributed by atoms with Crippen LogP contribution in [-0.2, 0) is 11.0 Å². The summed E-state index contributed by atoms with van der Waals surface area (Å²) in [5.41, 5.74) is -0.246. The van der Waals surface area contributed by atoms with Crippen LogP contribution >= 0.6 is 0 Å². The summed E-state index contributed by atoms with van der Waals surface area (Å²) in [5, 5.41) is 2.54. The van der Waals surface area contributed by atoms with Crippen molar-refractivity contribution in [1.29, 1.82) is 0 Å². The van der Waals surface area contributed by atoms with Crippen LogP contribution in [0.4, 0.5) is 13.2 Å². The molecular weight excluding hydrogens is 259 g/mol. The molecule has 6 heteroatoms. The van der Waals surface area contributed by atoms with Crippen molar-refractivity contribution < 1.29 is 22.7 Å². The van der Waals surface area contributed by atoms with Crippen LogP contribution in [0.1, 0.15) is 18.1 Å². The molecule has 1 rings (SSSR count). The number of carbonyl (C=O) groups excluding carboxylic acids is 1. The molecule has 1 amide bonds. The Morgan fingerprint density at radius 3 is 2.63 bits per heavy atom. The molecule has 0 fully saturated rings. The Morgan fingerprint density at radius 1 is 1.42 bits per heavy atom. The number of alkyl halides is 3. The zero-order chi connectivity index (χ0) is 14.5. The van der Waals surface area contributed by atoms with Crippen LogP contribution in [0.5, 0.6) is 5.75 Å². The summed E-state index contributed by atoms with van der Waals surface area (Å²) in [7, 11) is 1.19. The Kier molecular flexibility index (Phi) is 4.97. The van der Waals surface area contributed by atoms with Crippen molar-refractivity contribution in [2.24, 2.45) is 0 Å². The van der Waals surface area contributed by atoms with E-state index in [1.165, 1.54) is 26.2 Å². The maximum Gasteiger partial charge on any atom is 0.419 e. The molecule has 0 spiro atoms. The minimum absolute atomic E-state index is 0.172. The molecule has 0 saturated carbocycles. The third kappa shape index (κ3) is 4.65. The molecule has 0 aliphatic carbocycles. The largest absolute Gasteiger partial charge is 0.496 e. The first-order valence-corrected chi connectivity index (χ1v) is 5.51. The standard InChI is InChI=1S/C13H14F3NO2/c1-9(18)17-7-3-4-10-5-6-11(13(14,15)16)12(8-10)19-2/h3-6,8H,7H2,1-2H3,(H,17,18). The maximum absolute atomic E-state index is 12.6. The van der Waals surface area contributed by atoms with Gasteiger partial charge in [-0.05, 0) is 17.7 Å². The van der Waals surface area contributed by atoms with Crippen LogP contribution in [0.25, 0.3) is 6.08 Å². The van der Waals surface area contributed by atoms with Gasteiger partial charge in [-0.3, -0.25) is 4.79 Å². The van der Waals surface area contributed by atoms with Crippen molar-refractivity contribution >= 4 is 12.0 Å². The van der Waals surface area contributed by atoms with E-state index in [0.717, 1.165) is 6.07 Å². The molecule has 0 heterocycles. The number of amides is 1. The molecule has 0 aliphatic rings. The first kappa shape index (κ1) is 15.1. The van der Waals surface area contributed by atoms with Gasteiger partial charge in [0.1, 0.15) is 5.75 Å².